The van der Waals surface area contributed by atoms with E-state index >= 15 is 0 Å². The third kappa shape index (κ3) is 5.21. The Bertz CT molecular complexity index is 1220. The standard InChI is InChI=1S/C23H21F3O7/c1-4-9-31-19(27)12-32-14-6-7-15-17(11-14)33-22(23(24,25)26)20(21(15)28)13-5-8-16(29-2)18(10-13)30-3/h5-8,10-11H,4,9,12H2,1-3H3. The molecule has 0 N–H and O–H groups in total. The summed E-state index contributed by atoms with van der Waals surface area (Å²) in [6, 6.07) is 7.74. The van der Waals surface area contributed by atoms with Gasteiger partial charge in [0.2, 0.25) is 11.2 Å². The predicted molar refractivity (Wildman–Crippen MR) is 113 cm³/mol. The van der Waals surface area contributed by atoms with Crippen LogP contribution in [0.2, 0.25) is 0 Å². The van der Waals surface area contributed by atoms with Crippen molar-refractivity contribution >= 4 is 16.9 Å². The maximum atomic E-state index is 13.9. The number of rotatable bonds is 8. The SMILES string of the molecule is CCCOC(=O)COc1ccc2c(=O)c(-c3ccc(OC)c(OC)c3)c(C(F)(F)F)oc2c1. The van der Waals surface area contributed by atoms with Gasteiger partial charge in [0.1, 0.15) is 11.3 Å². The number of carbonyl (C=O) groups is 1. The maximum Gasteiger partial charge on any atom is 0.450 e. The van der Waals surface area contributed by atoms with Gasteiger partial charge >= 0.3 is 12.1 Å². The summed E-state index contributed by atoms with van der Waals surface area (Å²) in [4.78, 5) is 24.7. The Morgan fingerprint density at radius 3 is 2.39 bits per heavy atom. The van der Waals surface area contributed by atoms with Gasteiger partial charge in [0.15, 0.2) is 18.1 Å². The average Bonchev–Trinajstić information content (AvgIpc) is 2.80. The Morgan fingerprint density at radius 1 is 1.03 bits per heavy atom. The van der Waals surface area contributed by atoms with E-state index in [4.69, 9.17) is 23.4 Å². The number of halogens is 3. The van der Waals surface area contributed by atoms with E-state index in [1.54, 1.807) is 0 Å². The summed E-state index contributed by atoms with van der Waals surface area (Å²) in [6.45, 7) is 1.61. The fraction of sp³-hybridized carbons (Fsp3) is 0.304. The molecule has 0 bridgehead atoms. The van der Waals surface area contributed by atoms with Crippen LogP contribution in [0, 0.1) is 0 Å². The van der Waals surface area contributed by atoms with Gasteiger partial charge in [-0.25, -0.2) is 4.79 Å². The molecule has 3 rings (SSSR count). The molecular weight excluding hydrogens is 445 g/mol. The van der Waals surface area contributed by atoms with E-state index < -0.39 is 35.5 Å². The van der Waals surface area contributed by atoms with E-state index in [-0.39, 0.29) is 34.6 Å². The average molecular weight is 466 g/mol. The molecule has 0 saturated carbocycles. The topological polar surface area (TPSA) is 84.2 Å². The molecule has 0 aliphatic heterocycles. The van der Waals surface area contributed by atoms with Gasteiger partial charge in [-0.05, 0) is 36.2 Å². The zero-order valence-electron chi connectivity index (χ0n) is 18.1. The summed E-state index contributed by atoms with van der Waals surface area (Å²) < 4.78 is 67.1. The predicted octanol–water partition coefficient (Wildman–Crippen LogP) is 4.83. The Labute approximate surface area is 186 Å². The van der Waals surface area contributed by atoms with Gasteiger partial charge < -0.3 is 23.4 Å². The van der Waals surface area contributed by atoms with Crippen LogP contribution >= 0.6 is 0 Å². The zero-order valence-corrected chi connectivity index (χ0v) is 18.1. The van der Waals surface area contributed by atoms with E-state index in [2.05, 4.69) is 0 Å². The smallest absolute Gasteiger partial charge is 0.450 e. The van der Waals surface area contributed by atoms with Gasteiger partial charge in [0, 0.05) is 6.07 Å². The molecule has 0 saturated heterocycles. The van der Waals surface area contributed by atoms with E-state index in [1.807, 2.05) is 6.92 Å². The lowest BCUT2D eigenvalue weighted by molar-refractivity contribution is -0.152. The third-order valence-electron chi connectivity index (χ3n) is 4.62. The zero-order chi connectivity index (χ0) is 24.2. The van der Waals surface area contributed by atoms with Gasteiger partial charge in [-0.15, -0.1) is 0 Å². The highest BCUT2D eigenvalue weighted by atomic mass is 19.4. The number of esters is 1. The number of fused-ring (bicyclic) bond motifs is 1. The molecule has 33 heavy (non-hydrogen) atoms. The Morgan fingerprint density at radius 2 is 1.76 bits per heavy atom. The molecule has 7 nitrogen and oxygen atoms in total. The molecule has 1 heterocycles. The summed E-state index contributed by atoms with van der Waals surface area (Å²) in [5.74, 6) is -1.60. The first-order valence-electron chi connectivity index (χ1n) is 9.88. The molecular formula is C23H21F3O7. The summed E-state index contributed by atoms with van der Waals surface area (Å²) in [6.07, 6.45) is -4.33. The second-order valence-corrected chi connectivity index (χ2v) is 6.87. The van der Waals surface area contributed by atoms with Crippen LogP contribution in [0.1, 0.15) is 19.1 Å². The molecule has 10 heteroatoms. The summed E-state index contributed by atoms with van der Waals surface area (Å²) in [7, 11) is 2.71. The van der Waals surface area contributed by atoms with Crippen LogP contribution in [0.3, 0.4) is 0 Å². The first-order chi connectivity index (χ1) is 15.7. The van der Waals surface area contributed by atoms with Crippen molar-refractivity contribution in [3.8, 4) is 28.4 Å². The molecule has 0 spiro atoms. The second-order valence-electron chi connectivity index (χ2n) is 6.87. The molecule has 0 radical (unpaired) electrons. The van der Waals surface area contributed by atoms with Crippen LogP contribution in [0.25, 0.3) is 22.1 Å². The Balaban J connectivity index is 2.09. The number of methoxy groups -OCH3 is 2. The number of benzene rings is 2. The molecule has 1 aromatic heterocycles. The first-order valence-corrected chi connectivity index (χ1v) is 9.88. The van der Waals surface area contributed by atoms with Crippen molar-refractivity contribution in [2.24, 2.45) is 0 Å². The minimum atomic E-state index is -4.96. The van der Waals surface area contributed by atoms with E-state index in [0.29, 0.717) is 12.2 Å². The van der Waals surface area contributed by atoms with Gasteiger partial charge in [-0.1, -0.05) is 13.0 Å². The molecule has 0 fully saturated rings. The monoisotopic (exact) mass is 466 g/mol. The highest BCUT2D eigenvalue weighted by molar-refractivity contribution is 5.84. The molecule has 3 aromatic rings. The largest absolute Gasteiger partial charge is 0.493 e. The highest BCUT2D eigenvalue weighted by Crippen LogP contribution is 2.40. The lowest BCUT2D eigenvalue weighted by Gasteiger charge is -2.15. The molecule has 0 amide bonds. The second kappa shape index (κ2) is 9.85. The number of ether oxygens (including phenoxy) is 4. The molecule has 2 aromatic carbocycles. The Kier molecular flexibility index (Phi) is 7.15. The maximum absolute atomic E-state index is 13.9. The van der Waals surface area contributed by atoms with Crippen molar-refractivity contribution in [3.05, 3.63) is 52.4 Å². The van der Waals surface area contributed by atoms with Crippen LogP contribution in [0.15, 0.2) is 45.6 Å². The molecule has 0 atom stereocenters. The Hall–Kier alpha value is -3.69. The van der Waals surface area contributed by atoms with Gasteiger partial charge in [0.05, 0.1) is 31.8 Å². The fourth-order valence-corrected chi connectivity index (χ4v) is 3.12. The highest BCUT2D eigenvalue weighted by Gasteiger charge is 2.39. The van der Waals surface area contributed by atoms with Crippen LogP contribution < -0.4 is 19.6 Å². The minimum Gasteiger partial charge on any atom is -0.493 e. The van der Waals surface area contributed by atoms with Crippen LogP contribution in [0.5, 0.6) is 17.2 Å². The number of alkyl halides is 3. The number of hydrogen-bond acceptors (Lipinski definition) is 7. The van der Waals surface area contributed by atoms with E-state index in [0.717, 1.165) is 6.07 Å². The molecule has 0 aliphatic rings. The molecule has 0 unspecified atom stereocenters. The van der Waals surface area contributed by atoms with E-state index in [9.17, 15) is 22.8 Å². The van der Waals surface area contributed by atoms with Crippen LogP contribution in [-0.2, 0) is 15.7 Å². The van der Waals surface area contributed by atoms with Crippen molar-refractivity contribution in [2.45, 2.75) is 19.5 Å². The van der Waals surface area contributed by atoms with Crippen molar-refractivity contribution in [1.82, 2.24) is 0 Å². The lowest BCUT2D eigenvalue weighted by Crippen LogP contribution is -2.17. The van der Waals surface area contributed by atoms with E-state index in [1.165, 1.54) is 44.6 Å². The van der Waals surface area contributed by atoms with Gasteiger partial charge in [-0.2, -0.15) is 13.2 Å². The van der Waals surface area contributed by atoms with Gasteiger partial charge in [0.25, 0.3) is 0 Å². The fourth-order valence-electron chi connectivity index (χ4n) is 3.12. The van der Waals surface area contributed by atoms with Crippen molar-refractivity contribution in [3.63, 3.8) is 0 Å². The summed E-state index contributed by atoms with van der Waals surface area (Å²) in [5.41, 5.74) is -1.93. The van der Waals surface area contributed by atoms with Gasteiger partial charge in [-0.3, -0.25) is 4.79 Å². The lowest BCUT2D eigenvalue weighted by atomic mass is 10.0. The molecule has 0 aliphatic carbocycles. The van der Waals surface area contributed by atoms with Crippen LogP contribution in [-0.4, -0.2) is 33.4 Å². The van der Waals surface area contributed by atoms with Crippen molar-refractivity contribution in [1.29, 1.82) is 0 Å². The number of carbonyl (C=O) groups excluding carboxylic acids is 1. The minimum absolute atomic E-state index is 0.0466. The first kappa shape index (κ1) is 24.0. The third-order valence-corrected chi connectivity index (χ3v) is 4.62. The van der Waals surface area contributed by atoms with Crippen molar-refractivity contribution in [2.75, 3.05) is 27.4 Å². The molecule has 176 valence electrons. The normalized spacial score (nSPS) is 11.3. The van der Waals surface area contributed by atoms with Crippen molar-refractivity contribution < 1.29 is 41.3 Å². The van der Waals surface area contributed by atoms with Crippen LogP contribution in [0.4, 0.5) is 13.2 Å². The summed E-state index contributed by atoms with van der Waals surface area (Å²) in [5, 5.41) is -0.0892. The summed E-state index contributed by atoms with van der Waals surface area (Å²) >= 11 is 0. The quantitative estimate of drug-likeness (QED) is 0.440. The number of hydrogen-bond donors (Lipinski definition) is 0.